The van der Waals surface area contributed by atoms with Crippen LogP contribution in [0.3, 0.4) is 0 Å². The minimum absolute atomic E-state index is 0.184. The van der Waals surface area contributed by atoms with E-state index in [1.54, 1.807) is 24.1 Å². The molecule has 18 heavy (non-hydrogen) atoms. The smallest absolute Gasteiger partial charge is 0.167 e. The highest BCUT2D eigenvalue weighted by Gasteiger charge is 2.10. The highest BCUT2D eigenvalue weighted by molar-refractivity contribution is 6.30. The van der Waals surface area contributed by atoms with E-state index in [9.17, 15) is 8.78 Å². The van der Waals surface area contributed by atoms with E-state index >= 15 is 0 Å². The maximum absolute atomic E-state index is 13.6. The van der Waals surface area contributed by atoms with E-state index in [2.05, 4.69) is 4.98 Å². The van der Waals surface area contributed by atoms with Crippen molar-refractivity contribution in [1.29, 1.82) is 0 Å². The molecule has 94 valence electrons. The molecule has 1 aromatic carbocycles. The van der Waals surface area contributed by atoms with Crippen LogP contribution in [0, 0.1) is 11.6 Å². The lowest BCUT2D eigenvalue weighted by Gasteiger charge is -2.18. The number of benzene rings is 1. The van der Waals surface area contributed by atoms with Crippen molar-refractivity contribution in [3.63, 3.8) is 0 Å². The maximum atomic E-state index is 13.6. The summed E-state index contributed by atoms with van der Waals surface area (Å²) in [7, 11) is 1.68. The van der Waals surface area contributed by atoms with Crippen LogP contribution in [0.1, 0.15) is 5.56 Å². The highest BCUT2D eigenvalue weighted by Crippen LogP contribution is 2.20. The molecule has 5 heteroatoms. The van der Waals surface area contributed by atoms with E-state index in [0.29, 0.717) is 6.54 Å². The number of rotatable bonds is 3. The van der Waals surface area contributed by atoms with E-state index < -0.39 is 5.82 Å². The van der Waals surface area contributed by atoms with Gasteiger partial charge in [0.2, 0.25) is 0 Å². The average molecular weight is 269 g/mol. The number of anilines is 1. The molecule has 0 N–H and O–H groups in total. The molecule has 0 unspecified atom stereocenters. The summed E-state index contributed by atoms with van der Waals surface area (Å²) < 4.78 is 26.6. The van der Waals surface area contributed by atoms with Crippen LogP contribution in [0.15, 0.2) is 36.5 Å². The molecule has 1 heterocycles. The summed E-state index contributed by atoms with van der Waals surface area (Å²) in [6.45, 7) is 0.364. The third-order valence-electron chi connectivity index (χ3n) is 2.46. The molecule has 0 bridgehead atoms. The molecule has 2 aromatic rings. The van der Waals surface area contributed by atoms with Crippen molar-refractivity contribution in [1.82, 2.24) is 4.98 Å². The molecule has 1 aromatic heterocycles. The molecule has 0 aliphatic heterocycles. The van der Waals surface area contributed by atoms with Gasteiger partial charge in [-0.15, -0.1) is 0 Å². The molecule has 0 saturated heterocycles. The van der Waals surface area contributed by atoms with Gasteiger partial charge in [-0.05, 0) is 23.8 Å². The molecule has 0 fully saturated rings. The Balaban J connectivity index is 2.19. The van der Waals surface area contributed by atoms with E-state index in [1.165, 1.54) is 24.4 Å². The van der Waals surface area contributed by atoms with Crippen LogP contribution in [0.2, 0.25) is 5.02 Å². The van der Waals surface area contributed by atoms with Gasteiger partial charge >= 0.3 is 0 Å². The zero-order valence-corrected chi connectivity index (χ0v) is 10.5. The number of nitrogens with zero attached hydrogens (tertiary/aromatic N) is 2. The molecular formula is C13H11ClF2N2. The Morgan fingerprint density at radius 2 is 2.06 bits per heavy atom. The van der Waals surface area contributed by atoms with Gasteiger partial charge in [-0.25, -0.2) is 13.8 Å². The third-order valence-corrected chi connectivity index (χ3v) is 2.67. The van der Waals surface area contributed by atoms with E-state index in [-0.39, 0.29) is 16.7 Å². The molecule has 0 saturated carbocycles. The van der Waals surface area contributed by atoms with Crippen LogP contribution in [0.4, 0.5) is 14.6 Å². The van der Waals surface area contributed by atoms with Crippen LogP contribution in [0.25, 0.3) is 0 Å². The van der Waals surface area contributed by atoms with Crippen LogP contribution in [-0.2, 0) is 6.54 Å². The second kappa shape index (κ2) is 5.31. The predicted octanol–water partition coefficient (Wildman–Crippen LogP) is 3.65. The lowest BCUT2D eigenvalue weighted by Crippen LogP contribution is -2.19. The number of pyridine rings is 1. The summed E-state index contributed by atoms with van der Waals surface area (Å²) >= 11 is 5.63. The van der Waals surface area contributed by atoms with Gasteiger partial charge in [-0.1, -0.05) is 23.7 Å². The SMILES string of the molecule is CN(Cc1cccc(F)c1)c1ncc(Cl)cc1F. The topological polar surface area (TPSA) is 16.1 Å². The summed E-state index contributed by atoms with van der Waals surface area (Å²) in [5.41, 5.74) is 0.744. The van der Waals surface area contributed by atoms with Crippen molar-refractivity contribution in [2.75, 3.05) is 11.9 Å². The minimum atomic E-state index is -0.499. The van der Waals surface area contributed by atoms with Gasteiger partial charge in [-0.2, -0.15) is 0 Å². The lowest BCUT2D eigenvalue weighted by molar-refractivity contribution is 0.613. The Hall–Kier alpha value is -1.68. The maximum Gasteiger partial charge on any atom is 0.167 e. The number of hydrogen-bond donors (Lipinski definition) is 0. The normalized spacial score (nSPS) is 10.4. The molecule has 0 aliphatic rings. The van der Waals surface area contributed by atoms with Gasteiger partial charge in [-0.3, -0.25) is 0 Å². The zero-order chi connectivity index (χ0) is 13.1. The standard InChI is InChI=1S/C13H11ClF2N2/c1-18(8-9-3-2-4-11(15)5-9)13-12(16)6-10(14)7-17-13/h2-7H,8H2,1H3. The third kappa shape index (κ3) is 2.96. The van der Waals surface area contributed by atoms with E-state index in [0.717, 1.165) is 5.56 Å². The second-order valence-corrected chi connectivity index (χ2v) is 4.38. The molecule has 0 radical (unpaired) electrons. The van der Waals surface area contributed by atoms with Gasteiger partial charge < -0.3 is 4.90 Å². The Labute approximate surface area is 109 Å². The fourth-order valence-corrected chi connectivity index (χ4v) is 1.82. The first-order valence-corrected chi connectivity index (χ1v) is 5.70. The van der Waals surface area contributed by atoms with Crippen molar-refractivity contribution in [2.45, 2.75) is 6.54 Å². The molecule has 0 atom stereocenters. The van der Waals surface area contributed by atoms with Crippen molar-refractivity contribution in [3.8, 4) is 0 Å². The lowest BCUT2D eigenvalue weighted by atomic mass is 10.2. The first kappa shape index (κ1) is 12.8. The van der Waals surface area contributed by atoms with Gasteiger partial charge in [0.05, 0.1) is 5.02 Å². The van der Waals surface area contributed by atoms with Gasteiger partial charge in [0.1, 0.15) is 5.82 Å². The quantitative estimate of drug-likeness (QED) is 0.845. The molecule has 0 aliphatic carbocycles. The zero-order valence-electron chi connectivity index (χ0n) is 9.70. The predicted molar refractivity (Wildman–Crippen MR) is 67.7 cm³/mol. The summed E-state index contributed by atoms with van der Waals surface area (Å²) in [6.07, 6.45) is 1.38. The summed E-state index contributed by atoms with van der Waals surface area (Å²) in [4.78, 5) is 5.52. The fraction of sp³-hybridized carbons (Fsp3) is 0.154. The van der Waals surface area contributed by atoms with Crippen LogP contribution in [-0.4, -0.2) is 12.0 Å². The minimum Gasteiger partial charge on any atom is -0.353 e. The van der Waals surface area contributed by atoms with Gasteiger partial charge in [0, 0.05) is 19.8 Å². The van der Waals surface area contributed by atoms with Crippen LogP contribution in [0.5, 0.6) is 0 Å². The molecular weight excluding hydrogens is 258 g/mol. The van der Waals surface area contributed by atoms with Crippen LogP contribution >= 0.6 is 11.6 Å². The fourth-order valence-electron chi connectivity index (χ4n) is 1.67. The molecule has 0 amide bonds. The first-order valence-electron chi connectivity index (χ1n) is 5.33. The second-order valence-electron chi connectivity index (χ2n) is 3.94. The Morgan fingerprint density at radius 3 is 2.72 bits per heavy atom. The number of halogens is 3. The Morgan fingerprint density at radius 1 is 1.28 bits per heavy atom. The Kier molecular flexibility index (Phi) is 3.77. The molecule has 2 nitrogen and oxygen atoms in total. The van der Waals surface area contributed by atoms with Gasteiger partial charge in [0.15, 0.2) is 11.6 Å². The van der Waals surface area contributed by atoms with Crippen molar-refractivity contribution >= 4 is 17.4 Å². The number of aromatic nitrogens is 1. The Bertz CT molecular complexity index is 560. The van der Waals surface area contributed by atoms with Crippen molar-refractivity contribution < 1.29 is 8.78 Å². The molecule has 0 spiro atoms. The van der Waals surface area contributed by atoms with Crippen molar-refractivity contribution in [2.24, 2.45) is 0 Å². The van der Waals surface area contributed by atoms with E-state index in [4.69, 9.17) is 11.6 Å². The van der Waals surface area contributed by atoms with E-state index in [1.807, 2.05) is 0 Å². The average Bonchev–Trinajstić information content (AvgIpc) is 2.28. The largest absolute Gasteiger partial charge is 0.353 e. The summed E-state index contributed by atoms with van der Waals surface area (Å²) in [6, 6.07) is 7.36. The molecule has 2 rings (SSSR count). The van der Waals surface area contributed by atoms with Crippen LogP contribution < -0.4 is 4.90 Å². The van der Waals surface area contributed by atoms with Crippen molar-refractivity contribution in [3.05, 3.63) is 58.7 Å². The first-order chi connectivity index (χ1) is 8.56. The van der Waals surface area contributed by atoms with Gasteiger partial charge in [0.25, 0.3) is 0 Å². The summed E-state index contributed by atoms with van der Waals surface area (Å²) in [5.74, 6) is -0.629. The number of hydrogen-bond acceptors (Lipinski definition) is 2. The monoisotopic (exact) mass is 268 g/mol. The highest BCUT2D eigenvalue weighted by atomic mass is 35.5. The summed E-state index contributed by atoms with van der Waals surface area (Å²) in [5, 5.41) is 0.246.